The molecule has 0 atom stereocenters. The number of nitrogens with zero attached hydrogens (tertiary/aromatic N) is 1. The standard InChI is InChI=1S/C12H20N2O2S/c1-11-5-7-12(8-6-11)14(17(3,15)16)10-4-9-13-2/h5-8,13H,4,9-10H2,1-3H3. The molecule has 0 amide bonds. The third-order valence-electron chi connectivity index (χ3n) is 2.51. The first kappa shape index (κ1) is 14.0. The molecule has 0 fully saturated rings. The third kappa shape index (κ3) is 4.36. The number of rotatable bonds is 6. The van der Waals surface area contributed by atoms with E-state index < -0.39 is 10.0 Å². The predicted octanol–water partition coefficient (Wildman–Crippen LogP) is 1.37. The maximum atomic E-state index is 11.7. The van der Waals surface area contributed by atoms with Crippen LogP contribution in [0, 0.1) is 6.92 Å². The summed E-state index contributed by atoms with van der Waals surface area (Å²) in [5, 5.41) is 3.01. The van der Waals surface area contributed by atoms with Gasteiger partial charge in [-0.3, -0.25) is 4.31 Å². The molecule has 5 heteroatoms. The fourth-order valence-corrected chi connectivity index (χ4v) is 2.56. The second-order valence-electron chi connectivity index (χ2n) is 4.13. The van der Waals surface area contributed by atoms with Gasteiger partial charge < -0.3 is 5.32 Å². The van der Waals surface area contributed by atoms with Crippen molar-refractivity contribution < 1.29 is 8.42 Å². The van der Waals surface area contributed by atoms with Crippen LogP contribution >= 0.6 is 0 Å². The van der Waals surface area contributed by atoms with Crippen LogP contribution in [-0.2, 0) is 10.0 Å². The number of aryl methyl sites for hydroxylation is 1. The van der Waals surface area contributed by atoms with Crippen molar-refractivity contribution in [3.05, 3.63) is 29.8 Å². The van der Waals surface area contributed by atoms with Crippen LogP contribution in [0.25, 0.3) is 0 Å². The van der Waals surface area contributed by atoms with Crippen LogP contribution in [0.15, 0.2) is 24.3 Å². The number of hydrogen-bond acceptors (Lipinski definition) is 3. The number of nitrogens with one attached hydrogen (secondary N) is 1. The molecule has 1 rings (SSSR count). The Kier molecular flexibility index (Phi) is 4.96. The molecule has 0 aliphatic rings. The lowest BCUT2D eigenvalue weighted by atomic mass is 10.2. The van der Waals surface area contributed by atoms with E-state index in [-0.39, 0.29) is 0 Å². The normalized spacial score (nSPS) is 11.5. The van der Waals surface area contributed by atoms with E-state index in [0.29, 0.717) is 6.54 Å². The first-order valence-electron chi connectivity index (χ1n) is 5.64. The minimum Gasteiger partial charge on any atom is -0.320 e. The molecule has 17 heavy (non-hydrogen) atoms. The van der Waals surface area contributed by atoms with Gasteiger partial charge in [-0.15, -0.1) is 0 Å². The molecular weight excluding hydrogens is 236 g/mol. The van der Waals surface area contributed by atoms with E-state index in [1.165, 1.54) is 10.6 Å². The first-order chi connectivity index (χ1) is 7.95. The van der Waals surface area contributed by atoms with Crippen LogP contribution in [0.5, 0.6) is 0 Å². The zero-order valence-electron chi connectivity index (χ0n) is 10.6. The fraction of sp³-hybridized carbons (Fsp3) is 0.500. The molecule has 96 valence electrons. The Morgan fingerprint density at radius 3 is 2.29 bits per heavy atom. The van der Waals surface area contributed by atoms with Crippen LogP contribution < -0.4 is 9.62 Å². The van der Waals surface area contributed by atoms with Crippen molar-refractivity contribution in [3.8, 4) is 0 Å². The molecule has 0 saturated heterocycles. The van der Waals surface area contributed by atoms with Gasteiger partial charge in [-0.05, 0) is 39.1 Å². The Balaban J connectivity index is 2.87. The largest absolute Gasteiger partial charge is 0.320 e. The predicted molar refractivity (Wildman–Crippen MR) is 71.9 cm³/mol. The molecule has 1 aromatic carbocycles. The van der Waals surface area contributed by atoms with E-state index in [4.69, 9.17) is 0 Å². The summed E-state index contributed by atoms with van der Waals surface area (Å²) in [5.41, 5.74) is 1.85. The monoisotopic (exact) mass is 256 g/mol. The lowest BCUT2D eigenvalue weighted by molar-refractivity contribution is 0.594. The highest BCUT2D eigenvalue weighted by molar-refractivity contribution is 7.92. The lowest BCUT2D eigenvalue weighted by Gasteiger charge is -2.22. The third-order valence-corrected chi connectivity index (χ3v) is 3.70. The van der Waals surface area contributed by atoms with E-state index >= 15 is 0 Å². The van der Waals surface area contributed by atoms with Gasteiger partial charge in [0.25, 0.3) is 0 Å². The molecule has 0 heterocycles. The molecule has 1 N–H and O–H groups in total. The van der Waals surface area contributed by atoms with Crippen molar-refractivity contribution in [2.24, 2.45) is 0 Å². The highest BCUT2D eigenvalue weighted by Gasteiger charge is 2.16. The van der Waals surface area contributed by atoms with Gasteiger partial charge in [-0.25, -0.2) is 8.42 Å². The van der Waals surface area contributed by atoms with Crippen molar-refractivity contribution in [2.75, 3.05) is 30.7 Å². The summed E-state index contributed by atoms with van der Waals surface area (Å²) in [7, 11) is -1.35. The zero-order valence-corrected chi connectivity index (χ0v) is 11.4. The summed E-state index contributed by atoms with van der Waals surface area (Å²) < 4.78 is 24.9. The highest BCUT2D eigenvalue weighted by Crippen LogP contribution is 2.18. The Labute approximate surface area is 104 Å². The van der Waals surface area contributed by atoms with E-state index in [0.717, 1.165) is 24.2 Å². The molecule has 0 bridgehead atoms. The van der Waals surface area contributed by atoms with Crippen LogP contribution in [-0.4, -0.2) is 34.8 Å². The summed E-state index contributed by atoms with van der Waals surface area (Å²) in [4.78, 5) is 0. The maximum Gasteiger partial charge on any atom is 0.232 e. The summed E-state index contributed by atoms with van der Waals surface area (Å²) in [6, 6.07) is 7.53. The molecule has 0 aromatic heterocycles. The fourth-order valence-electron chi connectivity index (χ4n) is 1.60. The number of hydrogen-bond donors (Lipinski definition) is 1. The topological polar surface area (TPSA) is 49.4 Å². The van der Waals surface area contributed by atoms with Gasteiger partial charge in [0.1, 0.15) is 0 Å². The van der Waals surface area contributed by atoms with Gasteiger partial charge in [0.2, 0.25) is 10.0 Å². The minimum atomic E-state index is -3.21. The highest BCUT2D eigenvalue weighted by atomic mass is 32.2. The average Bonchev–Trinajstić information content (AvgIpc) is 2.25. The summed E-state index contributed by atoms with van der Waals surface area (Å²) in [6.07, 6.45) is 2.03. The van der Waals surface area contributed by atoms with E-state index in [1.54, 1.807) is 0 Å². The molecule has 0 spiro atoms. The summed E-state index contributed by atoms with van der Waals surface area (Å²) in [5.74, 6) is 0. The lowest BCUT2D eigenvalue weighted by Crippen LogP contribution is -2.32. The van der Waals surface area contributed by atoms with Gasteiger partial charge in [0.05, 0.1) is 11.9 Å². The van der Waals surface area contributed by atoms with E-state index in [2.05, 4.69) is 5.32 Å². The Bertz CT molecular complexity index is 440. The number of anilines is 1. The molecule has 0 saturated carbocycles. The number of benzene rings is 1. The second-order valence-corrected chi connectivity index (χ2v) is 6.03. The SMILES string of the molecule is CNCCCN(c1ccc(C)cc1)S(C)(=O)=O. The summed E-state index contributed by atoms with van der Waals surface area (Å²) in [6.45, 7) is 3.29. The maximum absolute atomic E-state index is 11.7. The van der Waals surface area contributed by atoms with Gasteiger partial charge in [0.15, 0.2) is 0 Å². The Morgan fingerprint density at radius 1 is 1.24 bits per heavy atom. The second kappa shape index (κ2) is 6.02. The van der Waals surface area contributed by atoms with Crippen molar-refractivity contribution in [3.63, 3.8) is 0 Å². The molecule has 0 unspecified atom stereocenters. The van der Waals surface area contributed by atoms with Crippen molar-refractivity contribution >= 4 is 15.7 Å². The molecule has 4 nitrogen and oxygen atoms in total. The first-order valence-corrected chi connectivity index (χ1v) is 7.49. The molecule has 0 aliphatic carbocycles. The Morgan fingerprint density at radius 2 is 1.82 bits per heavy atom. The van der Waals surface area contributed by atoms with Gasteiger partial charge in [-0.1, -0.05) is 17.7 Å². The average molecular weight is 256 g/mol. The molecular formula is C12H20N2O2S. The van der Waals surface area contributed by atoms with Crippen LogP contribution in [0.3, 0.4) is 0 Å². The quantitative estimate of drug-likeness (QED) is 0.782. The van der Waals surface area contributed by atoms with Crippen molar-refractivity contribution in [1.82, 2.24) is 5.32 Å². The smallest absolute Gasteiger partial charge is 0.232 e. The van der Waals surface area contributed by atoms with E-state index in [9.17, 15) is 8.42 Å². The Hall–Kier alpha value is -1.07. The van der Waals surface area contributed by atoms with Gasteiger partial charge in [-0.2, -0.15) is 0 Å². The van der Waals surface area contributed by atoms with Crippen LogP contribution in [0.2, 0.25) is 0 Å². The zero-order chi connectivity index (χ0) is 12.9. The molecule has 0 radical (unpaired) electrons. The molecule has 1 aromatic rings. The van der Waals surface area contributed by atoms with Crippen LogP contribution in [0.4, 0.5) is 5.69 Å². The summed E-state index contributed by atoms with van der Waals surface area (Å²) >= 11 is 0. The molecule has 0 aliphatic heterocycles. The van der Waals surface area contributed by atoms with Gasteiger partial charge in [0, 0.05) is 6.54 Å². The van der Waals surface area contributed by atoms with Crippen LogP contribution in [0.1, 0.15) is 12.0 Å². The minimum absolute atomic E-state index is 0.503. The van der Waals surface area contributed by atoms with Crippen molar-refractivity contribution in [1.29, 1.82) is 0 Å². The van der Waals surface area contributed by atoms with Gasteiger partial charge >= 0.3 is 0 Å². The number of sulfonamides is 1. The van der Waals surface area contributed by atoms with Crippen molar-refractivity contribution in [2.45, 2.75) is 13.3 Å². The van der Waals surface area contributed by atoms with E-state index in [1.807, 2.05) is 38.2 Å².